The van der Waals surface area contributed by atoms with Crippen LogP contribution < -0.4 is 4.74 Å². The highest BCUT2D eigenvalue weighted by molar-refractivity contribution is 9.08. The lowest BCUT2D eigenvalue weighted by Crippen LogP contribution is -1.93. The maximum absolute atomic E-state index is 6.08. The molecule has 0 bridgehead atoms. The summed E-state index contributed by atoms with van der Waals surface area (Å²) >= 11 is 9.50. The van der Waals surface area contributed by atoms with Crippen molar-refractivity contribution in [1.29, 1.82) is 0 Å². The average molecular weight is 327 g/mol. The highest BCUT2D eigenvalue weighted by atomic mass is 79.9. The molecule has 0 radical (unpaired) electrons. The van der Waals surface area contributed by atoms with Crippen LogP contribution in [0.4, 0.5) is 0 Å². The van der Waals surface area contributed by atoms with Crippen molar-refractivity contribution in [2.75, 3.05) is 0 Å². The smallest absolute Gasteiger partial charge is 0.223 e. The second kappa shape index (κ2) is 6.21. The zero-order valence-corrected chi connectivity index (χ0v) is 12.3. The van der Waals surface area contributed by atoms with Gasteiger partial charge in [-0.1, -0.05) is 40.5 Å². The van der Waals surface area contributed by atoms with Crippen LogP contribution in [0.3, 0.4) is 0 Å². The van der Waals surface area contributed by atoms with Crippen molar-refractivity contribution in [3.8, 4) is 11.6 Å². The van der Waals surface area contributed by atoms with Crippen LogP contribution in [0.15, 0.2) is 36.5 Å². The summed E-state index contributed by atoms with van der Waals surface area (Å²) in [7, 11) is 0. The predicted molar refractivity (Wildman–Crippen MR) is 77.8 cm³/mol. The Labute approximate surface area is 120 Å². The Morgan fingerprint density at radius 3 is 2.83 bits per heavy atom. The number of pyridine rings is 1. The molecule has 0 saturated carbocycles. The molecule has 0 aliphatic carbocycles. The number of aromatic nitrogens is 1. The standard InChI is InChI=1S/C14H13BrClNO/c1-2-10-8-12(5-6-13(10)16)18-14-11(9-15)4-3-7-17-14/h3-8H,2,9H2,1H3. The maximum atomic E-state index is 6.08. The fraction of sp³-hybridized carbons (Fsp3) is 0.214. The molecule has 1 heterocycles. The summed E-state index contributed by atoms with van der Waals surface area (Å²) in [6.07, 6.45) is 2.60. The second-order valence-electron chi connectivity index (χ2n) is 3.81. The van der Waals surface area contributed by atoms with Crippen molar-refractivity contribution in [3.63, 3.8) is 0 Å². The van der Waals surface area contributed by atoms with Gasteiger partial charge in [-0.25, -0.2) is 4.98 Å². The molecule has 4 heteroatoms. The van der Waals surface area contributed by atoms with Crippen molar-refractivity contribution in [2.24, 2.45) is 0 Å². The van der Waals surface area contributed by atoms with Gasteiger partial charge in [-0.15, -0.1) is 0 Å². The van der Waals surface area contributed by atoms with E-state index in [2.05, 4.69) is 27.8 Å². The molecule has 0 N–H and O–H groups in total. The van der Waals surface area contributed by atoms with Crippen molar-refractivity contribution in [1.82, 2.24) is 4.98 Å². The first-order valence-electron chi connectivity index (χ1n) is 5.70. The van der Waals surface area contributed by atoms with Crippen LogP contribution in [-0.2, 0) is 11.8 Å². The summed E-state index contributed by atoms with van der Waals surface area (Å²) in [4.78, 5) is 4.24. The van der Waals surface area contributed by atoms with Crippen molar-refractivity contribution in [2.45, 2.75) is 18.7 Å². The van der Waals surface area contributed by atoms with E-state index in [4.69, 9.17) is 16.3 Å². The van der Waals surface area contributed by atoms with Crippen LogP contribution in [-0.4, -0.2) is 4.98 Å². The lowest BCUT2D eigenvalue weighted by atomic mass is 10.1. The number of benzene rings is 1. The molecule has 2 nitrogen and oxygen atoms in total. The molecular formula is C14H13BrClNO. The molecule has 1 aromatic carbocycles. The van der Waals surface area contributed by atoms with Gasteiger partial charge in [0.1, 0.15) is 5.75 Å². The van der Waals surface area contributed by atoms with Crippen LogP contribution in [0.5, 0.6) is 11.6 Å². The van der Waals surface area contributed by atoms with Gasteiger partial charge in [0.15, 0.2) is 0 Å². The van der Waals surface area contributed by atoms with Crippen LogP contribution in [0, 0.1) is 0 Å². The minimum atomic E-state index is 0.624. The van der Waals surface area contributed by atoms with Gasteiger partial charge in [0.2, 0.25) is 5.88 Å². The van der Waals surface area contributed by atoms with E-state index in [-0.39, 0.29) is 0 Å². The Balaban J connectivity index is 2.28. The largest absolute Gasteiger partial charge is 0.439 e. The molecular weight excluding hydrogens is 314 g/mol. The molecule has 0 spiro atoms. The average Bonchev–Trinajstić information content (AvgIpc) is 2.41. The molecule has 0 amide bonds. The van der Waals surface area contributed by atoms with Gasteiger partial charge >= 0.3 is 0 Å². The van der Waals surface area contributed by atoms with E-state index in [0.29, 0.717) is 11.2 Å². The number of ether oxygens (including phenoxy) is 1. The predicted octanol–water partition coefficient (Wildman–Crippen LogP) is 4.98. The van der Waals surface area contributed by atoms with Gasteiger partial charge in [0, 0.05) is 22.1 Å². The number of hydrogen-bond acceptors (Lipinski definition) is 2. The summed E-state index contributed by atoms with van der Waals surface area (Å²) in [5, 5.41) is 1.48. The molecule has 94 valence electrons. The number of rotatable bonds is 4. The Kier molecular flexibility index (Phi) is 4.61. The van der Waals surface area contributed by atoms with Crippen molar-refractivity contribution >= 4 is 27.5 Å². The van der Waals surface area contributed by atoms with Gasteiger partial charge in [0.25, 0.3) is 0 Å². The first-order chi connectivity index (χ1) is 8.74. The molecule has 18 heavy (non-hydrogen) atoms. The van der Waals surface area contributed by atoms with Crippen LogP contribution in [0.2, 0.25) is 5.02 Å². The topological polar surface area (TPSA) is 22.1 Å². The molecule has 0 fully saturated rings. The van der Waals surface area contributed by atoms with Crippen molar-refractivity contribution < 1.29 is 4.74 Å². The van der Waals surface area contributed by atoms with Gasteiger partial charge in [0.05, 0.1) is 0 Å². The first-order valence-corrected chi connectivity index (χ1v) is 7.20. The minimum absolute atomic E-state index is 0.624. The van der Waals surface area contributed by atoms with Gasteiger partial charge in [-0.2, -0.15) is 0 Å². The second-order valence-corrected chi connectivity index (χ2v) is 4.78. The van der Waals surface area contributed by atoms with E-state index in [0.717, 1.165) is 28.3 Å². The van der Waals surface area contributed by atoms with E-state index < -0.39 is 0 Å². The fourth-order valence-electron chi connectivity index (χ4n) is 1.61. The normalized spacial score (nSPS) is 10.4. The maximum Gasteiger partial charge on any atom is 0.223 e. The number of hydrogen-bond donors (Lipinski definition) is 0. The quantitative estimate of drug-likeness (QED) is 0.739. The molecule has 2 aromatic rings. The third kappa shape index (κ3) is 3.03. The Morgan fingerprint density at radius 2 is 2.11 bits per heavy atom. The summed E-state index contributed by atoms with van der Waals surface area (Å²) in [6, 6.07) is 9.53. The van der Waals surface area contributed by atoms with Gasteiger partial charge < -0.3 is 4.74 Å². The Morgan fingerprint density at radius 1 is 1.28 bits per heavy atom. The zero-order valence-electron chi connectivity index (χ0n) is 9.99. The third-order valence-corrected chi connectivity index (χ3v) is 3.58. The molecule has 0 aliphatic rings. The van der Waals surface area contributed by atoms with Crippen LogP contribution in [0.25, 0.3) is 0 Å². The monoisotopic (exact) mass is 325 g/mol. The van der Waals surface area contributed by atoms with Crippen LogP contribution in [0.1, 0.15) is 18.1 Å². The van der Waals surface area contributed by atoms with Crippen LogP contribution >= 0.6 is 27.5 Å². The zero-order chi connectivity index (χ0) is 13.0. The van der Waals surface area contributed by atoms with E-state index in [1.54, 1.807) is 6.20 Å². The summed E-state index contributed by atoms with van der Waals surface area (Å²) in [5.74, 6) is 1.39. The third-order valence-electron chi connectivity index (χ3n) is 2.61. The SMILES string of the molecule is CCc1cc(Oc2ncccc2CBr)ccc1Cl. The highest BCUT2D eigenvalue weighted by Gasteiger charge is 2.06. The number of halogens is 2. The van der Waals surface area contributed by atoms with Gasteiger partial charge in [-0.3, -0.25) is 0 Å². The minimum Gasteiger partial charge on any atom is -0.439 e. The Bertz CT molecular complexity index is 545. The van der Waals surface area contributed by atoms with Crippen molar-refractivity contribution in [3.05, 3.63) is 52.7 Å². The van der Waals surface area contributed by atoms with E-state index in [1.165, 1.54) is 0 Å². The molecule has 0 unspecified atom stereocenters. The summed E-state index contributed by atoms with van der Waals surface area (Å²) in [5.41, 5.74) is 2.09. The summed E-state index contributed by atoms with van der Waals surface area (Å²) in [6.45, 7) is 2.07. The lowest BCUT2D eigenvalue weighted by Gasteiger charge is -2.09. The van der Waals surface area contributed by atoms with E-state index >= 15 is 0 Å². The van der Waals surface area contributed by atoms with Gasteiger partial charge in [-0.05, 0) is 36.2 Å². The molecule has 0 saturated heterocycles. The summed E-state index contributed by atoms with van der Waals surface area (Å²) < 4.78 is 5.80. The molecule has 1 aromatic heterocycles. The molecule has 0 atom stereocenters. The molecule has 2 rings (SSSR count). The Hall–Kier alpha value is -1.06. The van der Waals surface area contributed by atoms with E-state index in [1.807, 2.05) is 30.3 Å². The highest BCUT2D eigenvalue weighted by Crippen LogP contribution is 2.28. The van der Waals surface area contributed by atoms with E-state index in [9.17, 15) is 0 Å². The number of aryl methyl sites for hydroxylation is 1. The fourth-order valence-corrected chi connectivity index (χ4v) is 2.29. The number of nitrogens with zero attached hydrogens (tertiary/aromatic N) is 1. The first kappa shape index (κ1) is 13.4. The lowest BCUT2D eigenvalue weighted by molar-refractivity contribution is 0.458. The number of alkyl halides is 1. The molecule has 0 aliphatic heterocycles.